The van der Waals surface area contributed by atoms with Gasteiger partial charge in [-0.2, -0.15) is 0 Å². The summed E-state index contributed by atoms with van der Waals surface area (Å²) in [5.41, 5.74) is 2.60. The molecule has 118 valence electrons. The van der Waals surface area contributed by atoms with Gasteiger partial charge in [0.2, 0.25) is 0 Å². The average molecular weight is 289 g/mol. The molecule has 1 aromatic heterocycles. The summed E-state index contributed by atoms with van der Waals surface area (Å²) in [5.74, 6) is 1.83. The van der Waals surface area contributed by atoms with Crippen LogP contribution < -0.4 is 10.2 Å². The molecule has 0 bridgehead atoms. The Morgan fingerprint density at radius 2 is 1.95 bits per heavy atom. The number of rotatable bonds is 6. The molecule has 0 radical (unpaired) electrons. The predicted molar refractivity (Wildman–Crippen MR) is 90.8 cm³/mol. The Labute approximate surface area is 130 Å². The van der Waals surface area contributed by atoms with Crippen molar-refractivity contribution in [3.63, 3.8) is 0 Å². The van der Waals surface area contributed by atoms with Gasteiger partial charge < -0.3 is 10.2 Å². The van der Waals surface area contributed by atoms with E-state index >= 15 is 0 Å². The first-order chi connectivity index (χ1) is 9.74. The van der Waals surface area contributed by atoms with Gasteiger partial charge in [-0.3, -0.25) is 0 Å². The van der Waals surface area contributed by atoms with Crippen LogP contribution in [0.4, 0.5) is 5.82 Å². The van der Waals surface area contributed by atoms with Crippen LogP contribution in [0.1, 0.15) is 58.7 Å². The molecule has 0 unspecified atom stereocenters. The van der Waals surface area contributed by atoms with Crippen LogP contribution in [0.2, 0.25) is 0 Å². The molecule has 1 heterocycles. The molecule has 1 fully saturated rings. The van der Waals surface area contributed by atoms with Crippen LogP contribution in [0.25, 0.3) is 0 Å². The molecule has 21 heavy (non-hydrogen) atoms. The first-order valence-electron chi connectivity index (χ1n) is 8.24. The van der Waals surface area contributed by atoms with Gasteiger partial charge in [-0.15, -0.1) is 0 Å². The molecule has 0 saturated heterocycles. The second-order valence-electron chi connectivity index (χ2n) is 7.86. The molecule has 1 saturated carbocycles. The Kier molecular flexibility index (Phi) is 4.92. The lowest BCUT2D eigenvalue weighted by molar-refractivity contribution is 0.424. The van der Waals surface area contributed by atoms with Crippen LogP contribution in [0.3, 0.4) is 0 Å². The molecule has 1 aliphatic carbocycles. The highest BCUT2D eigenvalue weighted by Crippen LogP contribution is 2.32. The number of hydrogen-bond acceptors (Lipinski definition) is 3. The number of nitrogens with zero attached hydrogens (tertiary/aromatic N) is 2. The van der Waals surface area contributed by atoms with Crippen molar-refractivity contribution in [1.29, 1.82) is 0 Å². The van der Waals surface area contributed by atoms with E-state index in [1.165, 1.54) is 18.4 Å². The Balaban J connectivity index is 2.16. The molecule has 0 aliphatic heterocycles. The van der Waals surface area contributed by atoms with E-state index in [1.807, 2.05) is 0 Å². The molecule has 1 aromatic rings. The van der Waals surface area contributed by atoms with E-state index in [-0.39, 0.29) is 5.54 Å². The summed E-state index contributed by atoms with van der Waals surface area (Å²) in [4.78, 5) is 7.30. The van der Waals surface area contributed by atoms with Crippen molar-refractivity contribution in [1.82, 2.24) is 10.3 Å². The van der Waals surface area contributed by atoms with Crippen molar-refractivity contribution in [3.8, 4) is 0 Å². The minimum atomic E-state index is 0.144. The zero-order valence-electron chi connectivity index (χ0n) is 14.5. The van der Waals surface area contributed by atoms with E-state index in [2.05, 4.69) is 63.9 Å². The zero-order chi connectivity index (χ0) is 15.6. The Bertz CT molecular complexity index is 470. The standard InChI is InChI=1S/C18H31N3/c1-13(2)12-21(16-7-8-16)17-10-15(9-14(3)20-17)11-19-18(4,5)6/h9-10,13,16,19H,7-8,11-12H2,1-6H3. The van der Waals surface area contributed by atoms with Crippen molar-refractivity contribution < 1.29 is 0 Å². The van der Waals surface area contributed by atoms with Gasteiger partial charge in [0.15, 0.2) is 0 Å². The SMILES string of the molecule is Cc1cc(CNC(C)(C)C)cc(N(CC(C)C)C2CC2)n1. The van der Waals surface area contributed by atoms with E-state index in [0.717, 1.165) is 24.6 Å². The molecule has 0 amide bonds. The largest absolute Gasteiger partial charge is 0.353 e. The van der Waals surface area contributed by atoms with Crippen molar-refractivity contribution in [2.45, 2.75) is 72.5 Å². The van der Waals surface area contributed by atoms with Gasteiger partial charge in [0.1, 0.15) is 5.82 Å². The third-order valence-electron chi connectivity index (χ3n) is 3.67. The second kappa shape index (κ2) is 6.35. The fraction of sp³-hybridized carbons (Fsp3) is 0.722. The smallest absolute Gasteiger partial charge is 0.129 e. The predicted octanol–water partition coefficient (Wildman–Crippen LogP) is 3.90. The number of nitrogens with one attached hydrogen (secondary N) is 1. The van der Waals surface area contributed by atoms with Crippen LogP contribution in [0.15, 0.2) is 12.1 Å². The fourth-order valence-electron chi connectivity index (χ4n) is 2.55. The molecule has 0 atom stereocenters. The first kappa shape index (κ1) is 16.3. The van der Waals surface area contributed by atoms with Gasteiger partial charge in [0.25, 0.3) is 0 Å². The third kappa shape index (κ3) is 5.31. The highest BCUT2D eigenvalue weighted by molar-refractivity contribution is 5.45. The van der Waals surface area contributed by atoms with E-state index in [1.54, 1.807) is 0 Å². The van der Waals surface area contributed by atoms with E-state index in [0.29, 0.717) is 12.0 Å². The normalized spacial score (nSPS) is 15.6. The minimum Gasteiger partial charge on any atom is -0.353 e. The minimum absolute atomic E-state index is 0.144. The molecule has 0 aromatic carbocycles. The fourth-order valence-corrected chi connectivity index (χ4v) is 2.55. The van der Waals surface area contributed by atoms with Gasteiger partial charge in [0, 0.05) is 30.4 Å². The molecule has 1 N–H and O–H groups in total. The number of hydrogen-bond donors (Lipinski definition) is 1. The van der Waals surface area contributed by atoms with Crippen molar-refractivity contribution in [3.05, 3.63) is 23.4 Å². The highest BCUT2D eigenvalue weighted by atomic mass is 15.2. The van der Waals surface area contributed by atoms with Gasteiger partial charge in [-0.05, 0) is 64.2 Å². The summed E-state index contributed by atoms with van der Waals surface area (Å²) in [5, 5.41) is 3.57. The summed E-state index contributed by atoms with van der Waals surface area (Å²) in [7, 11) is 0. The molecular weight excluding hydrogens is 258 g/mol. The molecule has 3 nitrogen and oxygen atoms in total. The molecule has 1 aliphatic rings. The molecule has 0 spiro atoms. The maximum atomic E-state index is 4.79. The van der Waals surface area contributed by atoms with Crippen LogP contribution in [0, 0.1) is 12.8 Å². The van der Waals surface area contributed by atoms with Crippen molar-refractivity contribution in [2.24, 2.45) is 5.92 Å². The van der Waals surface area contributed by atoms with Crippen LogP contribution >= 0.6 is 0 Å². The number of aromatic nitrogens is 1. The van der Waals surface area contributed by atoms with Crippen molar-refractivity contribution in [2.75, 3.05) is 11.4 Å². The molecule has 2 rings (SSSR count). The quantitative estimate of drug-likeness (QED) is 0.861. The summed E-state index contributed by atoms with van der Waals surface area (Å²) < 4.78 is 0. The van der Waals surface area contributed by atoms with Gasteiger partial charge in [-0.1, -0.05) is 13.8 Å². The topological polar surface area (TPSA) is 28.2 Å². The number of pyridine rings is 1. The summed E-state index contributed by atoms with van der Waals surface area (Å²) >= 11 is 0. The highest BCUT2D eigenvalue weighted by Gasteiger charge is 2.30. The van der Waals surface area contributed by atoms with Gasteiger partial charge in [0.05, 0.1) is 0 Å². The summed E-state index contributed by atoms with van der Waals surface area (Å²) in [6.45, 7) is 15.3. The number of anilines is 1. The Morgan fingerprint density at radius 3 is 2.48 bits per heavy atom. The molecular formula is C18H31N3. The summed E-state index contributed by atoms with van der Waals surface area (Å²) in [6, 6.07) is 5.18. The monoisotopic (exact) mass is 289 g/mol. The van der Waals surface area contributed by atoms with E-state index < -0.39 is 0 Å². The van der Waals surface area contributed by atoms with E-state index in [9.17, 15) is 0 Å². The van der Waals surface area contributed by atoms with Gasteiger partial charge in [-0.25, -0.2) is 4.98 Å². The lowest BCUT2D eigenvalue weighted by Crippen LogP contribution is -2.35. The maximum absolute atomic E-state index is 4.79. The zero-order valence-corrected chi connectivity index (χ0v) is 14.5. The Morgan fingerprint density at radius 1 is 1.29 bits per heavy atom. The third-order valence-corrected chi connectivity index (χ3v) is 3.67. The second-order valence-corrected chi connectivity index (χ2v) is 7.86. The first-order valence-corrected chi connectivity index (χ1v) is 8.24. The van der Waals surface area contributed by atoms with Crippen molar-refractivity contribution >= 4 is 5.82 Å². The van der Waals surface area contributed by atoms with Gasteiger partial charge >= 0.3 is 0 Å². The van der Waals surface area contributed by atoms with Crippen LogP contribution in [-0.2, 0) is 6.54 Å². The lowest BCUT2D eigenvalue weighted by atomic mass is 10.1. The maximum Gasteiger partial charge on any atom is 0.129 e. The van der Waals surface area contributed by atoms with E-state index in [4.69, 9.17) is 4.98 Å². The Hall–Kier alpha value is -1.09. The van der Waals surface area contributed by atoms with Crippen LogP contribution in [-0.4, -0.2) is 23.1 Å². The van der Waals surface area contributed by atoms with Crippen LogP contribution in [0.5, 0.6) is 0 Å². The summed E-state index contributed by atoms with van der Waals surface area (Å²) in [6.07, 6.45) is 2.63. The average Bonchev–Trinajstić information content (AvgIpc) is 3.16. The molecule has 3 heteroatoms. The number of aryl methyl sites for hydroxylation is 1. The lowest BCUT2D eigenvalue weighted by Gasteiger charge is -2.27.